The first-order valence-corrected chi connectivity index (χ1v) is 8.87. The normalized spacial score (nSPS) is 26.9. The van der Waals surface area contributed by atoms with Crippen molar-refractivity contribution in [1.29, 1.82) is 0 Å². The summed E-state index contributed by atoms with van der Waals surface area (Å²) in [6, 6.07) is 8.29. The standard InChI is InChI=1S/C19H28N2O2/c1-14-7-3-4-8-16(14)19(9-5-2-6-10-19)18(23)21-12-15-11-20-13-17(15)22/h3-4,7-8,15,17,20,22H,2,5-6,9-13H2,1H3,(H,21,23). The van der Waals surface area contributed by atoms with Crippen LogP contribution in [0, 0.1) is 12.8 Å². The Morgan fingerprint density at radius 1 is 1.26 bits per heavy atom. The minimum Gasteiger partial charge on any atom is -0.391 e. The summed E-state index contributed by atoms with van der Waals surface area (Å²) in [4.78, 5) is 13.1. The molecule has 1 aromatic carbocycles. The summed E-state index contributed by atoms with van der Waals surface area (Å²) in [7, 11) is 0. The fourth-order valence-corrected chi connectivity index (χ4v) is 4.20. The summed E-state index contributed by atoms with van der Waals surface area (Å²) in [6.45, 7) is 4.06. The Hall–Kier alpha value is -1.39. The van der Waals surface area contributed by atoms with E-state index >= 15 is 0 Å². The third-order valence-electron chi connectivity index (χ3n) is 5.63. The number of aliphatic hydroxyl groups excluding tert-OH is 1. The first-order chi connectivity index (χ1) is 11.1. The number of benzene rings is 1. The van der Waals surface area contributed by atoms with E-state index in [2.05, 4.69) is 29.7 Å². The molecule has 23 heavy (non-hydrogen) atoms. The average molecular weight is 316 g/mol. The number of hydrogen-bond donors (Lipinski definition) is 3. The topological polar surface area (TPSA) is 61.4 Å². The van der Waals surface area contributed by atoms with Gasteiger partial charge < -0.3 is 15.7 Å². The molecule has 4 nitrogen and oxygen atoms in total. The van der Waals surface area contributed by atoms with E-state index < -0.39 is 0 Å². The molecule has 0 spiro atoms. The molecule has 0 bridgehead atoms. The smallest absolute Gasteiger partial charge is 0.230 e. The van der Waals surface area contributed by atoms with Gasteiger partial charge in [0.2, 0.25) is 5.91 Å². The number of hydrogen-bond acceptors (Lipinski definition) is 3. The second-order valence-corrected chi connectivity index (χ2v) is 7.15. The maximum atomic E-state index is 13.1. The van der Waals surface area contributed by atoms with Gasteiger partial charge in [0.25, 0.3) is 0 Å². The maximum absolute atomic E-state index is 13.1. The minimum absolute atomic E-state index is 0.122. The van der Waals surface area contributed by atoms with Gasteiger partial charge in [-0.15, -0.1) is 0 Å². The maximum Gasteiger partial charge on any atom is 0.230 e. The molecule has 1 saturated heterocycles. The van der Waals surface area contributed by atoms with Gasteiger partial charge in [-0.25, -0.2) is 0 Å². The molecule has 126 valence electrons. The molecule has 2 atom stereocenters. The number of carbonyl (C=O) groups is 1. The zero-order valence-electron chi connectivity index (χ0n) is 14.0. The quantitative estimate of drug-likeness (QED) is 0.795. The third-order valence-corrected chi connectivity index (χ3v) is 5.63. The number of carbonyl (C=O) groups excluding carboxylic acids is 1. The Bertz CT molecular complexity index is 552. The van der Waals surface area contributed by atoms with Gasteiger partial charge in [0.15, 0.2) is 0 Å². The minimum atomic E-state index is -0.388. The fourth-order valence-electron chi connectivity index (χ4n) is 4.20. The fraction of sp³-hybridized carbons (Fsp3) is 0.632. The molecule has 4 heteroatoms. The van der Waals surface area contributed by atoms with E-state index in [0.29, 0.717) is 13.1 Å². The lowest BCUT2D eigenvalue weighted by Crippen LogP contribution is -2.48. The van der Waals surface area contributed by atoms with Crippen LogP contribution in [0.5, 0.6) is 0 Å². The van der Waals surface area contributed by atoms with Gasteiger partial charge in [0.05, 0.1) is 11.5 Å². The van der Waals surface area contributed by atoms with Crippen molar-refractivity contribution in [3.63, 3.8) is 0 Å². The molecule has 0 aromatic heterocycles. The Balaban J connectivity index is 1.78. The van der Waals surface area contributed by atoms with Gasteiger partial charge >= 0.3 is 0 Å². The Morgan fingerprint density at radius 3 is 2.65 bits per heavy atom. The molecule has 1 aliphatic heterocycles. The van der Waals surface area contributed by atoms with Crippen LogP contribution in [0.15, 0.2) is 24.3 Å². The lowest BCUT2D eigenvalue weighted by Gasteiger charge is -2.37. The van der Waals surface area contributed by atoms with Crippen molar-refractivity contribution in [1.82, 2.24) is 10.6 Å². The predicted molar refractivity (Wildman–Crippen MR) is 91.3 cm³/mol. The van der Waals surface area contributed by atoms with Crippen molar-refractivity contribution >= 4 is 5.91 Å². The number of nitrogens with one attached hydrogen (secondary N) is 2. The van der Waals surface area contributed by atoms with Gasteiger partial charge in [0, 0.05) is 25.6 Å². The molecular weight excluding hydrogens is 288 g/mol. The first-order valence-electron chi connectivity index (χ1n) is 8.87. The largest absolute Gasteiger partial charge is 0.391 e. The summed E-state index contributed by atoms with van der Waals surface area (Å²) in [5.74, 6) is 0.266. The van der Waals surface area contributed by atoms with E-state index in [1.807, 2.05) is 12.1 Å². The van der Waals surface area contributed by atoms with Crippen molar-refractivity contribution in [3.05, 3.63) is 35.4 Å². The molecule has 1 amide bonds. The molecule has 1 heterocycles. The van der Waals surface area contributed by atoms with E-state index in [1.54, 1.807) is 0 Å². The van der Waals surface area contributed by atoms with Gasteiger partial charge in [-0.2, -0.15) is 0 Å². The van der Waals surface area contributed by atoms with Crippen molar-refractivity contribution in [2.75, 3.05) is 19.6 Å². The van der Waals surface area contributed by atoms with E-state index in [0.717, 1.165) is 32.2 Å². The summed E-state index contributed by atoms with van der Waals surface area (Å²) < 4.78 is 0. The molecular formula is C19H28N2O2. The van der Waals surface area contributed by atoms with Gasteiger partial charge in [-0.1, -0.05) is 43.5 Å². The average Bonchev–Trinajstić information content (AvgIpc) is 2.99. The van der Waals surface area contributed by atoms with Gasteiger partial charge in [-0.05, 0) is 30.9 Å². The Morgan fingerprint density at radius 2 is 2.00 bits per heavy atom. The number of β-amino-alcohol motifs (C(OH)–C–C–N with tert-alkyl or cyclic N) is 1. The van der Waals surface area contributed by atoms with Crippen LogP contribution >= 0.6 is 0 Å². The molecule has 2 unspecified atom stereocenters. The lowest BCUT2D eigenvalue weighted by atomic mass is 9.67. The van der Waals surface area contributed by atoms with Crippen molar-refractivity contribution in [3.8, 4) is 0 Å². The SMILES string of the molecule is Cc1ccccc1C1(C(=O)NCC2CNCC2O)CCCCC1. The number of rotatable bonds is 4. The molecule has 2 aliphatic rings. The number of amides is 1. The molecule has 0 radical (unpaired) electrons. The van der Waals surface area contributed by atoms with Crippen molar-refractivity contribution < 1.29 is 9.90 Å². The molecule has 1 aliphatic carbocycles. The molecule has 2 fully saturated rings. The monoisotopic (exact) mass is 316 g/mol. The summed E-state index contributed by atoms with van der Waals surface area (Å²) in [6.07, 6.45) is 4.93. The highest BCUT2D eigenvalue weighted by Gasteiger charge is 2.42. The Kier molecular flexibility index (Phi) is 5.02. The summed E-state index contributed by atoms with van der Waals surface area (Å²) >= 11 is 0. The molecule has 3 N–H and O–H groups in total. The zero-order valence-corrected chi connectivity index (χ0v) is 14.0. The van der Waals surface area contributed by atoms with Crippen LogP contribution in [-0.2, 0) is 10.2 Å². The Labute approximate surface area is 138 Å². The van der Waals surface area contributed by atoms with Gasteiger partial charge in [-0.3, -0.25) is 4.79 Å². The highest BCUT2D eigenvalue weighted by molar-refractivity contribution is 5.88. The highest BCUT2D eigenvalue weighted by Crippen LogP contribution is 2.41. The molecule has 1 aromatic rings. The van der Waals surface area contributed by atoms with Crippen molar-refractivity contribution in [2.24, 2.45) is 5.92 Å². The van der Waals surface area contributed by atoms with E-state index in [9.17, 15) is 9.90 Å². The zero-order chi connectivity index (χ0) is 16.3. The van der Waals surface area contributed by atoms with Crippen LogP contribution in [-0.4, -0.2) is 36.8 Å². The summed E-state index contributed by atoms with van der Waals surface area (Å²) in [5, 5.41) is 16.3. The van der Waals surface area contributed by atoms with Crippen LogP contribution in [0.3, 0.4) is 0 Å². The van der Waals surface area contributed by atoms with E-state index in [4.69, 9.17) is 0 Å². The van der Waals surface area contributed by atoms with Crippen LogP contribution in [0.25, 0.3) is 0 Å². The number of aliphatic hydroxyl groups is 1. The third kappa shape index (κ3) is 3.29. The lowest BCUT2D eigenvalue weighted by molar-refractivity contribution is -0.128. The second-order valence-electron chi connectivity index (χ2n) is 7.15. The first kappa shape index (κ1) is 16.5. The van der Waals surface area contributed by atoms with Gasteiger partial charge in [0.1, 0.15) is 0 Å². The van der Waals surface area contributed by atoms with Crippen molar-refractivity contribution in [2.45, 2.75) is 50.5 Å². The summed E-state index contributed by atoms with van der Waals surface area (Å²) in [5.41, 5.74) is 2.00. The van der Waals surface area contributed by atoms with Crippen LogP contribution in [0.4, 0.5) is 0 Å². The highest BCUT2D eigenvalue weighted by atomic mass is 16.3. The van der Waals surface area contributed by atoms with E-state index in [1.165, 1.54) is 17.5 Å². The molecule has 1 saturated carbocycles. The number of aryl methyl sites for hydroxylation is 1. The van der Waals surface area contributed by atoms with Crippen LogP contribution < -0.4 is 10.6 Å². The van der Waals surface area contributed by atoms with Crippen LogP contribution in [0.1, 0.15) is 43.2 Å². The predicted octanol–water partition coefficient (Wildman–Crippen LogP) is 1.89. The second kappa shape index (κ2) is 7.02. The van der Waals surface area contributed by atoms with E-state index in [-0.39, 0.29) is 23.3 Å². The van der Waals surface area contributed by atoms with Crippen LogP contribution in [0.2, 0.25) is 0 Å². The molecule has 3 rings (SSSR count).